The van der Waals surface area contributed by atoms with Gasteiger partial charge in [0.1, 0.15) is 18.3 Å². The summed E-state index contributed by atoms with van der Waals surface area (Å²) in [6, 6.07) is 0. The second-order valence-electron chi connectivity index (χ2n) is 14.3. The molecule has 4 aliphatic rings. The van der Waals surface area contributed by atoms with Crippen LogP contribution in [0.4, 0.5) is 0 Å². The van der Waals surface area contributed by atoms with Gasteiger partial charge in [0, 0.05) is 42.6 Å². The van der Waals surface area contributed by atoms with Gasteiger partial charge in [-0.2, -0.15) is 0 Å². The third-order valence-electron chi connectivity index (χ3n) is 11.7. The molecule has 4 N–H and O–H groups in total. The van der Waals surface area contributed by atoms with Crippen molar-refractivity contribution in [2.45, 2.75) is 118 Å². The molecule has 43 heavy (non-hydrogen) atoms. The highest BCUT2D eigenvalue weighted by molar-refractivity contribution is 5.92. The SMILES string of the molecule is CC(=O)O[C@@H]1[C@H]2[C@H](C)[C@H](O)CC[C@]2(C)[C@@H]2C(=O)[C@H](O)[C@H]3/C(=C(\CCC=C(C)C)C(=O)O)[C@@H](OC(C)=O)C[C@]3(C)[C@@]2(C)[C@H]1O. The van der Waals surface area contributed by atoms with Crippen LogP contribution in [0.25, 0.3) is 0 Å². The monoisotopic (exact) mass is 604 g/mol. The van der Waals surface area contributed by atoms with Gasteiger partial charge in [-0.3, -0.25) is 14.4 Å². The normalized spacial score (nSPS) is 44.8. The molecule has 240 valence electrons. The first kappa shape index (κ1) is 33.3. The van der Waals surface area contributed by atoms with E-state index in [1.807, 2.05) is 40.7 Å². The summed E-state index contributed by atoms with van der Waals surface area (Å²) >= 11 is 0. The Hall–Kier alpha value is -2.56. The standard InChI is InChI=1S/C33H48O10/c1-15(2)10-9-11-19(30(40)41)22-21(42-17(4)34)14-32(7)24(22)25(37)26(38)28-31(6)13-12-20(36)16(3)23(31)27(43-18(5)35)29(39)33(28,32)8/h10,16,20-21,23-25,27-29,36-37,39H,9,11-14H2,1-8H3,(H,40,41)/b22-19+/t16-,20-,21+,23-,24-,25-,27-,28+,29+,31+,32+,33-/m1/s1. The molecule has 0 unspecified atom stereocenters. The maximum absolute atomic E-state index is 14.5. The van der Waals surface area contributed by atoms with Crippen LogP contribution in [0, 0.1) is 39.9 Å². The van der Waals surface area contributed by atoms with Crippen LogP contribution in [0.1, 0.15) is 87.5 Å². The molecule has 0 aliphatic heterocycles. The van der Waals surface area contributed by atoms with Gasteiger partial charge in [-0.25, -0.2) is 4.79 Å². The highest BCUT2D eigenvalue weighted by atomic mass is 16.6. The number of hydrogen-bond acceptors (Lipinski definition) is 9. The Balaban J connectivity index is 1.99. The molecular formula is C33H48O10. The van der Waals surface area contributed by atoms with Crippen molar-refractivity contribution in [3.8, 4) is 0 Å². The zero-order valence-corrected chi connectivity index (χ0v) is 26.5. The Morgan fingerprint density at radius 2 is 1.60 bits per heavy atom. The van der Waals surface area contributed by atoms with Gasteiger partial charge < -0.3 is 29.9 Å². The fourth-order valence-electron chi connectivity index (χ4n) is 9.89. The minimum absolute atomic E-state index is 0.0216. The van der Waals surface area contributed by atoms with Crippen molar-refractivity contribution in [3.63, 3.8) is 0 Å². The zero-order valence-electron chi connectivity index (χ0n) is 26.5. The first-order valence-electron chi connectivity index (χ1n) is 15.4. The lowest BCUT2D eigenvalue weighted by Gasteiger charge is -2.70. The molecule has 12 atom stereocenters. The maximum Gasteiger partial charge on any atom is 0.331 e. The number of carbonyl (C=O) groups is 4. The van der Waals surface area contributed by atoms with Crippen LogP contribution in [-0.4, -0.2) is 74.6 Å². The van der Waals surface area contributed by atoms with Crippen LogP contribution in [0.5, 0.6) is 0 Å². The number of ether oxygens (including phenoxy) is 2. The number of Topliss-reactive ketones (excluding diaryl/α,β-unsaturated/α-hetero) is 1. The Morgan fingerprint density at radius 3 is 2.14 bits per heavy atom. The molecule has 10 nitrogen and oxygen atoms in total. The van der Waals surface area contributed by atoms with Crippen molar-refractivity contribution in [3.05, 3.63) is 22.8 Å². The van der Waals surface area contributed by atoms with Gasteiger partial charge in [-0.05, 0) is 68.3 Å². The first-order valence-corrected chi connectivity index (χ1v) is 15.4. The molecule has 0 heterocycles. The molecular weight excluding hydrogens is 556 g/mol. The average Bonchev–Trinajstić information content (AvgIpc) is 3.18. The van der Waals surface area contributed by atoms with Crippen LogP contribution >= 0.6 is 0 Å². The average molecular weight is 605 g/mol. The molecule has 0 aromatic carbocycles. The largest absolute Gasteiger partial charge is 0.478 e. The third-order valence-corrected chi connectivity index (χ3v) is 11.7. The van der Waals surface area contributed by atoms with Gasteiger partial charge >= 0.3 is 17.9 Å². The van der Waals surface area contributed by atoms with Crippen LogP contribution < -0.4 is 0 Å². The fraction of sp³-hybridized carbons (Fsp3) is 0.758. The van der Waals surface area contributed by atoms with Crippen LogP contribution in [0.2, 0.25) is 0 Å². The molecule has 10 heteroatoms. The molecule has 4 aliphatic carbocycles. The minimum atomic E-state index is -1.62. The minimum Gasteiger partial charge on any atom is -0.478 e. The molecule has 0 spiro atoms. The van der Waals surface area contributed by atoms with Gasteiger partial charge in [0.05, 0.1) is 12.2 Å². The Kier molecular flexibility index (Phi) is 8.85. The van der Waals surface area contributed by atoms with Gasteiger partial charge in [0.25, 0.3) is 0 Å². The summed E-state index contributed by atoms with van der Waals surface area (Å²) in [7, 11) is 0. The summed E-state index contributed by atoms with van der Waals surface area (Å²) in [5.74, 6) is -5.96. The van der Waals surface area contributed by atoms with E-state index < -0.39 is 94.1 Å². The van der Waals surface area contributed by atoms with Gasteiger partial charge in [0.15, 0.2) is 5.78 Å². The summed E-state index contributed by atoms with van der Waals surface area (Å²) in [6.45, 7) is 13.6. The quantitative estimate of drug-likeness (QED) is 0.200. The number of ketones is 1. The lowest BCUT2D eigenvalue weighted by molar-refractivity contribution is -0.284. The van der Waals surface area contributed by atoms with Crippen LogP contribution in [0.15, 0.2) is 22.8 Å². The van der Waals surface area contributed by atoms with E-state index in [1.54, 1.807) is 6.92 Å². The number of carbonyl (C=O) groups excluding carboxylic acids is 3. The third kappa shape index (κ3) is 4.97. The predicted molar refractivity (Wildman–Crippen MR) is 155 cm³/mol. The van der Waals surface area contributed by atoms with Gasteiger partial charge in [-0.15, -0.1) is 0 Å². The van der Waals surface area contributed by atoms with E-state index in [4.69, 9.17) is 9.47 Å². The highest BCUT2D eigenvalue weighted by Crippen LogP contribution is 2.74. The summed E-state index contributed by atoms with van der Waals surface area (Å²) in [6.07, 6.45) is -2.62. The van der Waals surface area contributed by atoms with E-state index >= 15 is 0 Å². The van der Waals surface area contributed by atoms with Gasteiger partial charge in [-0.1, -0.05) is 39.3 Å². The molecule has 0 aromatic rings. The van der Waals surface area contributed by atoms with Crippen LogP contribution in [0.3, 0.4) is 0 Å². The number of fused-ring (bicyclic) bond motifs is 5. The van der Waals surface area contributed by atoms with Crippen molar-refractivity contribution in [2.24, 2.45) is 39.9 Å². The number of aliphatic carboxylic acids is 1. The topological polar surface area (TPSA) is 168 Å². The second-order valence-corrected chi connectivity index (χ2v) is 14.3. The Morgan fingerprint density at radius 1 is 1.00 bits per heavy atom. The summed E-state index contributed by atoms with van der Waals surface area (Å²) < 4.78 is 11.6. The molecule has 4 saturated carbocycles. The number of carboxylic acids is 1. The summed E-state index contributed by atoms with van der Waals surface area (Å²) in [4.78, 5) is 52.0. The number of hydrogen-bond donors (Lipinski definition) is 4. The molecule has 0 saturated heterocycles. The molecule has 0 radical (unpaired) electrons. The number of carboxylic acid groups (broad SMARTS) is 1. The number of esters is 2. The summed E-state index contributed by atoms with van der Waals surface area (Å²) in [5.41, 5.74) is -2.17. The van der Waals surface area contributed by atoms with Crippen molar-refractivity contribution in [1.29, 1.82) is 0 Å². The number of aliphatic hydroxyl groups excluding tert-OH is 3. The second kappa shape index (κ2) is 11.4. The number of rotatable bonds is 6. The molecule has 0 aromatic heterocycles. The molecule has 0 amide bonds. The van der Waals surface area contributed by atoms with Crippen molar-refractivity contribution >= 4 is 23.7 Å². The molecule has 4 rings (SSSR count). The maximum atomic E-state index is 14.5. The van der Waals surface area contributed by atoms with Crippen molar-refractivity contribution in [1.82, 2.24) is 0 Å². The van der Waals surface area contributed by atoms with Crippen molar-refractivity contribution < 1.29 is 49.1 Å². The first-order chi connectivity index (χ1) is 19.8. The van der Waals surface area contributed by atoms with E-state index in [2.05, 4.69) is 0 Å². The lowest BCUT2D eigenvalue weighted by Crippen LogP contribution is -2.76. The molecule has 4 fully saturated rings. The van der Waals surface area contributed by atoms with Gasteiger partial charge in [0.2, 0.25) is 0 Å². The predicted octanol–water partition coefficient (Wildman–Crippen LogP) is 3.36. The van der Waals surface area contributed by atoms with E-state index in [9.17, 15) is 39.6 Å². The zero-order chi connectivity index (χ0) is 32.4. The Labute approximate surface area is 253 Å². The number of aliphatic hydroxyl groups is 3. The van der Waals surface area contributed by atoms with Crippen molar-refractivity contribution in [2.75, 3.05) is 0 Å². The van der Waals surface area contributed by atoms with E-state index in [0.29, 0.717) is 19.3 Å². The smallest absolute Gasteiger partial charge is 0.331 e. The summed E-state index contributed by atoms with van der Waals surface area (Å²) in [5, 5.41) is 45.5. The molecule has 0 bridgehead atoms. The Bertz CT molecular complexity index is 1250. The number of allylic oxidation sites excluding steroid dienone is 2. The highest BCUT2D eigenvalue weighted by Gasteiger charge is 2.78. The van der Waals surface area contributed by atoms with E-state index in [1.165, 1.54) is 13.8 Å². The fourth-order valence-corrected chi connectivity index (χ4v) is 9.89. The van der Waals surface area contributed by atoms with E-state index in [-0.39, 0.29) is 24.0 Å². The van der Waals surface area contributed by atoms with Crippen LogP contribution in [-0.2, 0) is 28.7 Å². The lowest BCUT2D eigenvalue weighted by atomic mass is 9.35. The van der Waals surface area contributed by atoms with E-state index in [0.717, 1.165) is 5.57 Å².